The number of rotatable bonds is 4. The lowest BCUT2D eigenvalue weighted by atomic mass is 9.95. The Balaban J connectivity index is 2.15. The smallest absolute Gasteiger partial charge is 0.307 e. The number of carbonyl (C=O) groups excluding carboxylic acids is 1. The Labute approximate surface area is 122 Å². The van der Waals surface area contributed by atoms with Gasteiger partial charge >= 0.3 is 5.97 Å². The van der Waals surface area contributed by atoms with Gasteiger partial charge in [-0.05, 0) is 31.0 Å². The molecule has 114 valence electrons. The SMILES string of the molecule is NS(=O)(=O)c1cccc(NC(=O)C2CCCC2C(=O)O)c1. The zero-order valence-corrected chi connectivity index (χ0v) is 12.0. The van der Waals surface area contributed by atoms with Crippen LogP contribution in [0, 0.1) is 11.8 Å². The van der Waals surface area contributed by atoms with Crippen LogP contribution < -0.4 is 10.5 Å². The van der Waals surface area contributed by atoms with Crippen LogP contribution in [0.15, 0.2) is 29.2 Å². The average molecular weight is 312 g/mol. The summed E-state index contributed by atoms with van der Waals surface area (Å²) in [5, 5.41) is 16.7. The molecule has 0 saturated heterocycles. The number of benzene rings is 1. The van der Waals surface area contributed by atoms with Crippen LogP contribution in [-0.2, 0) is 19.6 Å². The van der Waals surface area contributed by atoms with Crippen LogP contribution in [0.3, 0.4) is 0 Å². The second-order valence-electron chi connectivity index (χ2n) is 5.04. The zero-order valence-electron chi connectivity index (χ0n) is 11.2. The number of sulfonamides is 1. The van der Waals surface area contributed by atoms with Crippen LogP contribution in [0.4, 0.5) is 5.69 Å². The minimum absolute atomic E-state index is 0.110. The van der Waals surface area contributed by atoms with Crippen molar-refractivity contribution in [3.63, 3.8) is 0 Å². The highest BCUT2D eigenvalue weighted by Gasteiger charge is 2.37. The van der Waals surface area contributed by atoms with Crippen LogP contribution in [0.25, 0.3) is 0 Å². The fourth-order valence-electron chi connectivity index (χ4n) is 2.56. The fraction of sp³-hybridized carbons (Fsp3) is 0.385. The summed E-state index contributed by atoms with van der Waals surface area (Å²) >= 11 is 0. The Kier molecular flexibility index (Phi) is 4.29. The number of aliphatic carboxylic acids is 1. The Morgan fingerprint density at radius 3 is 2.52 bits per heavy atom. The Morgan fingerprint density at radius 1 is 1.24 bits per heavy atom. The lowest BCUT2D eigenvalue weighted by Gasteiger charge is -2.15. The summed E-state index contributed by atoms with van der Waals surface area (Å²) < 4.78 is 22.5. The summed E-state index contributed by atoms with van der Waals surface area (Å²) in [6.07, 6.45) is 1.68. The van der Waals surface area contributed by atoms with Gasteiger partial charge in [-0.1, -0.05) is 12.5 Å². The number of primary sulfonamides is 1. The Morgan fingerprint density at radius 2 is 1.90 bits per heavy atom. The van der Waals surface area contributed by atoms with Crippen molar-refractivity contribution in [2.45, 2.75) is 24.2 Å². The van der Waals surface area contributed by atoms with Crippen LogP contribution in [-0.4, -0.2) is 25.4 Å². The molecule has 8 heteroatoms. The number of carbonyl (C=O) groups is 2. The molecule has 1 aromatic rings. The van der Waals surface area contributed by atoms with Gasteiger partial charge in [-0.2, -0.15) is 0 Å². The van der Waals surface area contributed by atoms with Crippen molar-refractivity contribution in [1.29, 1.82) is 0 Å². The van der Waals surface area contributed by atoms with E-state index in [9.17, 15) is 18.0 Å². The minimum Gasteiger partial charge on any atom is -0.481 e. The lowest BCUT2D eigenvalue weighted by Crippen LogP contribution is -2.30. The standard InChI is InChI=1S/C13H16N2O5S/c14-21(19,20)9-4-1-3-8(7-9)15-12(16)10-5-2-6-11(10)13(17)18/h1,3-4,7,10-11H,2,5-6H2,(H,15,16)(H,17,18)(H2,14,19,20). The molecule has 2 unspecified atom stereocenters. The van der Waals surface area contributed by atoms with Gasteiger partial charge < -0.3 is 10.4 Å². The highest BCUT2D eigenvalue weighted by atomic mass is 32.2. The Bertz CT molecular complexity index is 671. The largest absolute Gasteiger partial charge is 0.481 e. The molecule has 1 saturated carbocycles. The topological polar surface area (TPSA) is 127 Å². The first kappa shape index (κ1) is 15.5. The zero-order chi connectivity index (χ0) is 15.6. The molecule has 21 heavy (non-hydrogen) atoms. The molecule has 1 aromatic carbocycles. The van der Waals surface area contributed by atoms with E-state index in [0.29, 0.717) is 19.3 Å². The minimum atomic E-state index is -3.85. The number of hydrogen-bond donors (Lipinski definition) is 3. The number of anilines is 1. The van der Waals surface area contributed by atoms with E-state index in [1.54, 1.807) is 0 Å². The van der Waals surface area contributed by atoms with Gasteiger partial charge in [0.1, 0.15) is 0 Å². The van der Waals surface area contributed by atoms with E-state index in [1.165, 1.54) is 24.3 Å². The van der Waals surface area contributed by atoms with Gasteiger partial charge in [0.05, 0.1) is 16.7 Å². The summed E-state index contributed by atoms with van der Waals surface area (Å²) in [6, 6.07) is 5.55. The van der Waals surface area contributed by atoms with E-state index in [0.717, 1.165) is 0 Å². The second kappa shape index (κ2) is 5.82. The molecule has 7 nitrogen and oxygen atoms in total. The molecule has 2 rings (SSSR count). The van der Waals surface area contributed by atoms with E-state index < -0.39 is 33.7 Å². The molecule has 0 heterocycles. The maximum atomic E-state index is 12.1. The van der Waals surface area contributed by atoms with Crippen molar-refractivity contribution < 1.29 is 23.1 Å². The number of nitrogens with one attached hydrogen (secondary N) is 1. The second-order valence-corrected chi connectivity index (χ2v) is 6.61. The molecule has 4 N–H and O–H groups in total. The Hall–Kier alpha value is -1.93. The summed E-state index contributed by atoms with van der Waals surface area (Å²) in [7, 11) is -3.85. The highest BCUT2D eigenvalue weighted by molar-refractivity contribution is 7.89. The van der Waals surface area contributed by atoms with Crippen molar-refractivity contribution in [1.82, 2.24) is 0 Å². The number of amides is 1. The molecule has 1 fully saturated rings. The summed E-state index contributed by atoms with van der Waals surface area (Å²) in [5.74, 6) is -2.68. The molecule has 0 radical (unpaired) electrons. The van der Waals surface area contributed by atoms with Crippen molar-refractivity contribution in [3.8, 4) is 0 Å². The van der Waals surface area contributed by atoms with Crippen LogP contribution in [0.1, 0.15) is 19.3 Å². The van der Waals surface area contributed by atoms with Crippen molar-refractivity contribution in [3.05, 3.63) is 24.3 Å². The summed E-state index contributed by atoms with van der Waals surface area (Å²) in [6.45, 7) is 0. The normalized spacial score (nSPS) is 22.0. The average Bonchev–Trinajstić information content (AvgIpc) is 2.87. The first-order chi connectivity index (χ1) is 9.79. The third-order valence-corrected chi connectivity index (χ3v) is 4.51. The van der Waals surface area contributed by atoms with Crippen LogP contribution >= 0.6 is 0 Å². The third-order valence-electron chi connectivity index (χ3n) is 3.60. The van der Waals surface area contributed by atoms with Crippen LogP contribution in [0.5, 0.6) is 0 Å². The van der Waals surface area contributed by atoms with E-state index in [-0.39, 0.29) is 10.6 Å². The maximum Gasteiger partial charge on any atom is 0.307 e. The molecule has 0 spiro atoms. The fourth-order valence-corrected chi connectivity index (χ4v) is 3.11. The van der Waals surface area contributed by atoms with Crippen molar-refractivity contribution >= 4 is 27.6 Å². The molecule has 1 aliphatic carbocycles. The first-order valence-electron chi connectivity index (χ1n) is 6.45. The quantitative estimate of drug-likeness (QED) is 0.757. The van der Waals surface area contributed by atoms with Gasteiger partial charge in [0.2, 0.25) is 15.9 Å². The number of hydrogen-bond acceptors (Lipinski definition) is 4. The van der Waals surface area contributed by atoms with Crippen LogP contribution in [0.2, 0.25) is 0 Å². The monoisotopic (exact) mass is 312 g/mol. The van der Waals surface area contributed by atoms with Gasteiger partial charge in [0, 0.05) is 5.69 Å². The molecular formula is C13H16N2O5S. The summed E-state index contributed by atoms with van der Waals surface area (Å²) in [5.41, 5.74) is 0.280. The van der Waals surface area contributed by atoms with E-state index in [2.05, 4.69) is 5.32 Å². The number of carboxylic acids is 1. The predicted octanol–water partition coefficient (Wildman–Crippen LogP) is 0.773. The number of carboxylic acid groups (broad SMARTS) is 1. The first-order valence-corrected chi connectivity index (χ1v) is 8.00. The lowest BCUT2D eigenvalue weighted by molar-refractivity contribution is -0.145. The maximum absolute atomic E-state index is 12.1. The van der Waals surface area contributed by atoms with E-state index in [1.807, 2.05) is 0 Å². The van der Waals surface area contributed by atoms with E-state index in [4.69, 9.17) is 10.2 Å². The van der Waals surface area contributed by atoms with Crippen molar-refractivity contribution in [2.75, 3.05) is 5.32 Å². The molecule has 1 amide bonds. The third kappa shape index (κ3) is 3.59. The molecule has 1 aliphatic rings. The molecule has 2 atom stereocenters. The predicted molar refractivity (Wildman–Crippen MR) is 74.9 cm³/mol. The molecule has 0 bridgehead atoms. The molecular weight excluding hydrogens is 296 g/mol. The molecule has 0 aliphatic heterocycles. The van der Waals surface area contributed by atoms with Gasteiger partial charge in [0.15, 0.2) is 0 Å². The van der Waals surface area contributed by atoms with E-state index >= 15 is 0 Å². The summed E-state index contributed by atoms with van der Waals surface area (Å²) in [4.78, 5) is 23.1. The molecule has 0 aromatic heterocycles. The number of nitrogens with two attached hydrogens (primary N) is 1. The van der Waals surface area contributed by atoms with Gasteiger partial charge in [-0.15, -0.1) is 0 Å². The van der Waals surface area contributed by atoms with Crippen molar-refractivity contribution in [2.24, 2.45) is 17.0 Å². The van der Waals surface area contributed by atoms with Gasteiger partial charge in [0.25, 0.3) is 0 Å². The van der Waals surface area contributed by atoms with Gasteiger partial charge in [-0.25, -0.2) is 13.6 Å². The van der Waals surface area contributed by atoms with Gasteiger partial charge in [-0.3, -0.25) is 9.59 Å². The highest BCUT2D eigenvalue weighted by Crippen LogP contribution is 2.33.